The lowest BCUT2D eigenvalue weighted by atomic mass is 10.1. The summed E-state index contributed by atoms with van der Waals surface area (Å²) in [7, 11) is 0. The van der Waals surface area contributed by atoms with Gasteiger partial charge in [-0.15, -0.1) is 12.4 Å². The second kappa shape index (κ2) is 7.12. The number of hydrogen-bond donors (Lipinski definition) is 4. The number of nitrogens with two attached hydrogens (primary N) is 2. The van der Waals surface area contributed by atoms with Gasteiger partial charge < -0.3 is 22.1 Å². The highest BCUT2D eigenvalue weighted by Gasteiger charge is 2.27. The average Bonchev–Trinajstić information content (AvgIpc) is 2.78. The lowest BCUT2D eigenvalue weighted by molar-refractivity contribution is -0.119. The van der Waals surface area contributed by atoms with Crippen molar-refractivity contribution in [3.8, 4) is 0 Å². The van der Waals surface area contributed by atoms with Crippen LogP contribution in [0.25, 0.3) is 0 Å². The molecule has 0 saturated heterocycles. The van der Waals surface area contributed by atoms with Crippen LogP contribution in [0.15, 0.2) is 24.3 Å². The second-order valence-corrected chi connectivity index (χ2v) is 4.83. The summed E-state index contributed by atoms with van der Waals surface area (Å²) in [6, 6.07) is 6.33. The van der Waals surface area contributed by atoms with E-state index in [1.807, 2.05) is 0 Å². The van der Waals surface area contributed by atoms with Crippen molar-refractivity contribution in [2.75, 3.05) is 10.6 Å². The third-order valence-electron chi connectivity index (χ3n) is 3.26. The van der Waals surface area contributed by atoms with Gasteiger partial charge in [-0.1, -0.05) is 0 Å². The fourth-order valence-electron chi connectivity index (χ4n) is 2.28. The van der Waals surface area contributed by atoms with Gasteiger partial charge in [-0.3, -0.25) is 4.79 Å². The highest BCUT2D eigenvalue weighted by atomic mass is 35.5. The van der Waals surface area contributed by atoms with Gasteiger partial charge in [0.2, 0.25) is 5.91 Å². The Morgan fingerprint density at radius 3 is 2.05 bits per heavy atom. The van der Waals surface area contributed by atoms with Crippen LogP contribution in [-0.2, 0) is 4.79 Å². The van der Waals surface area contributed by atoms with Crippen molar-refractivity contribution in [3.63, 3.8) is 0 Å². The molecule has 3 amide bonds. The fraction of sp³-hybridized carbons (Fsp3) is 0.385. The lowest BCUT2D eigenvalue weighted by Gasteiger charge is -2.11. The molecule has 20 heavy (non-hydrogen) atoms. The maximum atomic E-state index is 12.0. The number of nitrogens with one attached hydrogen (secondary N) is 2. The van der Waals surface area contributed by atoms with Gasteiger partial charge in [0.15, 0.2) is 0 Å². The molecule has 1 aromatic carbocycles. The van der Waals surface area contributed by atoms with E-state index in [4.69, 9.17) is 11.5 Å². The van der Waals surface area contributed by atoms with E-state index < -0.39 is 6.03 Å². The minimum atomic E-state index is -0.614. The molecule has 1 saturated carbocycles. The zero-order valence-electron chi connectivity index (χ0n) is 11.0. The maximum Gasteiger partial charge on any atom is 0.316 e. The summed E-state index contributed by atoms with van der Waals surface area (Å²) in [4.78, 5) is 22.6. The molecule has 2 atom stereocenters. The van der Waals surface area contributed by atoms with Crippen LogP contribution in [0.3, 0.4) is 0 Å². The fourth-order valence-corrected chi connectivity index (χ4v) is 2.28. The summed E-state index contributed by atoms with van der Waals surface area (Å²) in [5.41, 5.74) is 12.1. The van der Waals surface area contributed by atoms with Gasteiger partial charge in [0, 0.05) is 23.3 Å². The van der Waals surface area contributed by atoms with E-state index in [0.29, 0.717) is 11.4 Å². The standard InChI is InChI=1S/C13H18N4O2.ClH/c14-9-2-1-8(7-9)12(18)16-10-3-5-11(6-4-10)17-13(15)19;/h3-6,8-9H,1-2,7,14H2,(H,16,18)(H3,15,17,19);1H. The van der Waals surface area contributed by atoms with Gasteiger partial charge in [-0.2, -0.15) is 0 Å². The van der Waals surface area contributed by atoms with Gasteiger partial charge in [0.05, 0.1) is 0 Å². The van der Waals surface area contributed by atoms with E-state index in [1.165, 1.54) is 0 Å². The number of carbonyl (C=O) groups is 2. The molecule has 6 N–H and O–H groups in total. The summed E-state index contributed by atoms with van der Waals surface area (Å²) in [6.07, 6.45) is 2.49. The first-order chi connectivity index (χ1) is 9.04. The summed E-state index contributed by atoms with van der Waals surface area (Å²) < 4.78 is 0. The molecule has 110 valence electrons. The highest BCUT2D eigenvalue weighted by Crippen LogP contribution is 2.25. The number of halogens is 1. The minimum absolute atomic E-state index is 0. The topological polar surface area (TPSA) is 110 Å². The van der Waals surface area contributed by atoms with Crippen molar-refractivity contribution < 1.29 is 9.59 Å². The third kappa shape index (κ3) is 4.40. The van der Waals surface area contributed by atoms with E-state index in [2.05, 4.69) is 10.6 Å². The molecule has 6 nitrogen and oxygen atoms in total. The quantitative estimate of drug-likeness (QED) is 0.681. The number of rotatable bonds is 3. The predicted molar refractivity (Wildman–Crippen MR) is 80.8 cm³/mol. The van der Waals surface area contributed by atoms with Crippen molar-refractivity contribution in [1.82, 2.24) is 0 Å². The number of hydrogen-bond acceptors (Lipinski definition) is 3. The molecule has 0 aromatic heterocycles. The van der Waals surface area contributed by atoms with Gasteiger partial charge in [-0.05, 0) is 43.5 Å². The molecular weight excluding hydrogens is 280 g/mol. The molecule has 0 aliphatic heterocycles. The number of benzene rings is 1. The number of amides is 3. The second-order valence-electron chi connectivity index (χ2n) is 4.83. The van der Waals surface area contributed by atoms with Crippen molar-refractivity contribution in [3.05, 3.63) is 24.3 Å². The van der Waals surface area contributed by atoms with Crippen molar-refractivity contribution in [1.29, 1.82) is 0 Å². The number of carbonyl (C=O) groups excluding carboxylic acids is 2. The monoisotopic (exact) mass is 298 g/mol. The molecular formula is C13H19ClN4O2. The van der Waals surface area contributed by atoms with Crippen molar-refractivity contribution >= 4 is 35.7 Å². The molecule has 1 aliphatic rings. The van der Waals surface area contributed by atoms with Gasteiger partial charge >= 0.3 is 6.03 Å². The van der Waals surface area contributed by atoms with E-state index in [0.717, 1.165) is 19.3 Å². The zero-order valence-corrected chi connectivity index (χ0v) is 11.8. The van der Waals surface area contributed by atoms with Crippen LogP contribution < -0.4 is 22.1 Å². The first kappa shape index (κ1) is 16.3. The Balaban J connectivity index is 0.00000200. The number of anilines is 2. The van der Waals surface area contributed by atoms with Crippen LogP contribution in [-0.4, -0.2) is 18.0 Å². The summed E-state index contributed by atoms with van der Waals surface area (Å²) >= 11 is 0. The Morgan fingerprint density at radius 2 is 1.60 bits per heavy atom. The largest absolute Gasteiger partial charge is 0.351 e. The van der Waals surface area contributed by atoms with Crippen molar-refractivity contribution in [2.45, 2.75) is 25.3 Å². The number of urea groups is 1. The van der Waals surface area contributed by atoms with Gasteiger partial charge in [-0.25, -0.2) is 4.79 Å². The third-order valence-corrected chi connectivity index (χ3v) is 3.26. The number of primary amides is 1. The molecule has 1 aromatic rings. The van der Waals surface area contributed by atoms with E-state index >= 15 is 0 Å². The summed E-state index contributed by atoms with van der Waals surface area (Å²) in [5.74, 6) is 0.00183. The SMILES string of the molecule is Cl.NC(=O)Nc1ccc(NC(=O)C2CCC(N)C2)cc1. The molecule has 0 heterocycles. The van der Waals surface area contributed by atoms with Crippen molar-refractivity contribution in [2.24, 2.45) is 17.4 Å². The molecule has 0 spiro atoms. The van der Waals surface area contributed by atoms with E-state index in [-0.39, 0.29) is 30.3 Å². The highest BCUT2D eigenvalue weighted by molar-refractivity contribution is 5.93. The molecule has 1 aliphatic carbocycles. The molecule has 0 radical (unpaired) electrons. The molecule has 2 unspecified atom stereocenters. The van der Waals surface area contributed by atoms with Gasteiger partial charge in [0.1, 0.15) is 0 Å². The lowest BCUT2D eigenvalue weighted by Crippen LogP contribution is -2.23. The van der Waals surface area contributed by atoms with Crippen LogP contribution in [0, 0.1) is 5.92 Å². The van der Waals surface area contributed by atoms with E-state index in [9.17, 15) is 9.59 Å². The Kier molecular flexibility index (Phi) is 5.79. The van der Waals surface area contributed by atoms with E-state index in [1.54, 1.807) is 24.3 Å². The summed E-state index contributed by atoms with van der Waals surface area (Å²) in [5, 5.41) is 5.30. The Bertz CT molecular complexity index is 478. The molecule has 1 fully saturated rings. The average molecular weight is 299 g/mol. The Hall–Kier alpha value is -1.79. The van der Waals surface area contributed by atoms with Crippen LogP contribution in [0.1, 0.15) is 19.3 Å². The van der Waals surface area contributed by atoms with Gasteiger partial charge in [0.25, 0.3) is 0 Å². The van der Waals surface area contributed by atoms with Crippen LogP contribution in [0.5, 0.6) is 0 Å². The zero-order chi connectivity index (χ0) is 13.8. The Labute approximate surface area is 123 Å². The first-order valence-corrected chi connectivity index (χ1v) is 6.27. The van der Waals surface area contributed by atoms with Crippen LogP contribution >= 0.6 is 12.4 Å². The van der Waals surface area contributed by atoms with Crippen LogP contribution in [0.4, 0.5) is 16.2 Å². The molecule has 0 bridgehead atoms. The summed E-state index contributed by atoms with van der Waals surface area (Å²) in [6.45, 7) is 0. The maximum absolute atomic E-state index is 12.0. The predicted octanol–water partition coefficient (Wildman–Crippen LogP) is 1.66. The first-order valence-electron chi connectivity index (χ1n) is 6.27. The normalized spacial score (nSPS) is 20.9. The molecule has 2 rings (SSSR count). The smallest absolute Gasteiger partial charge is 0.316 e. The Morgan fingerprint density at radius 1 is 1.05 bits per heavy atom. The van der Waals surface area contributed by atoms with Crippen LogP contribution in [0.2, 0.25) is 0 Å². The minimum Gasteiger partial charge on any atom is -0.351 e. The molecule has 7 heteroatoms.